The van der Waals surface area contributed by atoms with Crippen molar-refractivity contribution in [3.63, 3.8) is 0 Å². The summed E-state index contributed by atoms with van der Waals surface area (Å²) in [6.45, 7) is 9.66. The zero-order chi connectivity index (χ0) is 28.1. The third-order valence-corrected chi connectivity index (χ3v) is 10.7. The minimum absolute atomic E-state index is 0.00523. The van der Waals surface area contributed by atoms with Crippen molar-refractivity contribution in [3.05, 3.63) is 52.9 Å². The van der Waals surface area contributed by atoms with Crippen LogP contribution >= 0.6 is 11.3 Å². The molecule has 2 saturated heterocycles. The van der Waals surface area contributed by atoms with Gasteiger partial charge < -0.3 is 24.4 Å². The summed E-state index contributed by atoms with van der Waals surface area (Å²) < 4.78 is 18.9. The van der Waals surface area contributed by atoms with E-state index in [4.69, 9.17) is 14.2 Å². The monoisotopic (exact) mass is 575 g/mol. The minimum Gasteiger partial charge on any atom is -0.493 e. The van der Waals surface area contributed by atoms with Crippen molar-refractivity contribution in [2.24, 2.45) is 17.8 Å². The van der Waals surface area contributed by atoms with Crippen LogP contribution in [0.2, 0.25) is 0 Å². The predicted octanol–water partition coefficient (Wildman–Crippen LogP) is 5.77. The number of amides is 1. The Bertz CT molecular complexity index is 1390. The largest absolute Gasteiger partial charge is 0.493 e. The van der Waals surface area contributed by atoms with Gasteiger partial charge in [-0.15, -0.1) is 11.3 Å². The number of carbonyl (C=O) groups is 1. The summed E-state index contributed by atoms with van der Waals surface area (Å²) in [6, 6.07) is 14.7. The maximum atomic E-state index is 14.3. The average Bonchev–Trinajstić information content (AvgIpc) is 3.70. The van der Waals surface area contributed by atoms with Crippen molar-refractivity contribution in [3.8, 4) is 17.2 Å². The SMILES string of the molecule is COc1cc(C(=O)N(Cc2cc3ccccc3s2)CC2CCCN2CC2C3CCC2CNC3)cc2c1OC(C)(C)O2. The van der Waals surface area contributed by atoms with E-state index in [1.807, 2.05) is 26.0 Å². The molecule has 0 radical (unpaired) electrons. The smallest absolute Gasteiger partial charge is 0.254 e. The zero-order valence-corrected chi connectivity index (χ0v) is 25.2. The maximum absolute atomic E-state index is 14.3. The van der Waals surface area contributed by atoms with Crippen LogP contribution in [0.1, 0.15) is 54.8 Å². The number of piperidine rings is 1. The molecule has 7 rings (SSSR count). The Hall–Kier alpha value is -2.81. The van der Waals surface area contributed by atoms with Gasteiger partial charge in [0.05, 0.1) is 13.7 Å². The molecule has 0 spiro atoms. The topological polar surface area (TPSA) is 63.3 Å². The van der Waals surface area contributed by atoms with Gasteiger partial charge in [0.2, 0.25) is 11.5 Å². The molecule has 218 valence electrons. The van der Waals surface area contributed by atoms with Crippen LogP contribution in [-0.2, 0) is 6.54 Å². The molecule has 8 heteroatoms. The Morgan fingerprint density at radius 1 is 1.12 bits per heavy atom. The molecule has 2 bridgehead atoms. The molecule has 41 heavy (non-hydrogen) atoms. The third kappa shape index (κ3) is 5.30. The normalized spacial score (nSPS) is 26.5. The number of ether oxygens (including phenoxy) is 3. The summed E-state index contributed by atoms with van der Waals surface area (Å²) in [5.74, 6) is 3.24. The summed E-state index contributed by atoms with van der Waals surface area (Å²) in [5, 5.41) is 4.88. The predicted molar refractivity (Wildman–Crippen MR) is 162 cm³/mol. The lowest BCUT2D eigenvalue weighted by Gasteiger charge is -2.37. The fourth-order valence-corrected chi connectivity index (χ4v) is 8.71. The van der Waals surface area contributed by atoms with Crippen LogP contribution in [0, 0.1) is 17.8 Å². The second kappa shape index (κ2) is 10.8. The molecule has 2 aromatic carbocycles. The number of nitrogens with zero attached hydrogens (tertiary/aromatic N) is 2. The van der Waals surface area contributed by atoms with Crippen molar-refractivity contribution in [1.29, 1.82) is 0 Å². The van der Waals surface area contributed by atoms with E-state index in [-0.39, 0.29) is 5.91 Å². The van der Waals surface area contributed by atoms with Crippen molar-refractivity contribution in [2.75, 3.05) is 39.8 Å². The lowest BCUT2D eigenvalue weighted by Crippen LogP contribution is -2.48. The van der Waals surface area contributed by atoms with Gasteiger partial charge in [0, 0.05) is 48.1 Å². The Kier molecular flexibility index (Phi) is 7.12. The van der Waals surface area contributed by atoms with E-state index in [1.165, 1.54) is 53.9 Å². The summed E-state index contributed by atoms with van der Waals surface area (Å²) in [6.07, 6.45) is 5.05. The van der Waals surface area contributed by atoms with Gasteiger partial charge >= 0.3 is 0 Å². The summed E-state index contributed by atoms with van der Waals surface area (Å²) in [5.41, 5.74) is 0.573. The van der Waals surface area contributed by atoms with E-state index in [0.717, 1.165) is 37.3 Å². The fourth-order valence-electron chi connectivity index (χ4n) is 7.63. The van der Waals surface area contributed by atoms with Gasteiger partial charge in [0.25, 0.3) is 5.91 Å². The number of rotatable bonds is 8. The second-order valence-electron chi connectivity index (χ2n) is 12.8. The van der Waals surface area contributed by atoms with Gasteiger partial charge in [-0.05, 0) is 92.7 Å². The maximum Gasteiger partial charge on any atom is 0.254 e. The van der Waals surface area contributed by atoms with Crippen LogP contribution in [0.25, 0.3) is 10.1 Å². The lowest BCUT2D eigenvalue weighted by atomic mass is 9.85. The third-order valence-electron chi connectivity index (χ3n) is 9.61. The van der Waals surface area contributed by atoms with Gasteiger partial charge in [-0.2, -0.15) is 0 Å². The number of hydrogen-bond acceptors (Lipinski definition) is 7. The Labute approximate surface area is 246 Å². The van der Waals surface area contributed by atoms with E-state index in [9.17, 15) is 4.79 Å². The van der Waals surface area contributed by atoms with E-state index >= 15 is 0 Å². The van der Waals surface area contributed by atoms with Crippen molar-refractivity contribution < 1.29 is 19.0 Å². The van der Waals surface area contributed by atoms with Crippen LogP contribution in [0.3, 0.4) is 0 Å². The molecule has 1 aromatic heterocycles. The van der Waals surface area contributed by atoms with Gasteiger partial charge in [-0.25, -0.2) is 0 Å². The molecule has 3 fully saturated rings. The molecule has 4 aliphatic rings. The fraction of sp³-hybridized carbons (Fsp3) is 0.545. The van der Waals surface area contributed by atoms with E-state index in [1.54, 1.807) is 18.4 Å². The molecule has 3 atom stereocenters. The van der Waals surface area contributed by atoms with Gasteiger partial charge in [0.1, 0.15) is 0 Å². The summed E-state index contributed by atoms with van der Waals surface area (Å²) >= 11 is 1.78. The van der Waals surface area contributed by atoms with Crippen LogP contribution in [0.4, 0.5) is 0 Å². The Morgan fingerprint density at radius 2 is 1.93 bits per heavy atom. The molecule has 1 N–H and O–H groups in total. The first-order valence-corrected chi connectivity index (χ1v) is 16.0. The standard InChI is InChI=1S/C33H41N3O4S/c1-33(2)39-29-15-24(14-28(38-3)31(29)40-33)32(37)36(19-26-13-21-7-4-5-9-30(21)41-26)18-25-8-6-12-35(25)20-27-22-10-11-23(27)17-34-16-22/h4-5,7,9,13-15,22-23,25,27,34H,6,8,10-12,16-20H2,1-3H3. The van der Waals surface area contributed by atoms with Gasteiger partial charge in [-0.3, -0.25) is 9.69 Å². The van der Waals surface area contributed by atoms with E-state index in [0.29, 0.717) is 35.4 Å². The Balaban J connectivity index is 1.17. The highest BCUT2D eigenvalue weighted by Gasteiger charge is 2.42. The number of thiophene rings is 1. The van der Waals surface area contributed by atoms with Crippen LogP contribution in [-0.4, -0.2) is 67.4 Å². The quantitative estimate of drug-likeness (QED) is 0.368. The van der Waals surface area contributed by atoms with Crippen LogP contribution in [0.5, 0.6) is 17.2 Å². The number of fused-ring (bicyclic) bond motifs is 4. The van der Waals surface area contributed by atoms with Crippen molar-refractivity contribution in [2.45, 2.75) is 57.9 Å². The average molecular weight is 576 g/mol. The highest BCUT2D eigenvalue weighted by molar-refractivity contribution is 7.19. The van der Waals surface area contributed by atoms with E-state index < -0.39 is 5.79 Å². The van der Waals surface area contributed by atoms with Gasteiger partial charge in [0.15, 0.2) is 11.5 Å². The number of nitrogens with one attached hydrogen (secondary N) is 1. The first kappa shape index (κ1) is 27.0. The first-order valence-electron chi connectivity index (χ1n) is 15.2. The minimum atomic E-state index is -0.799. The number of methoxy groups -OCH3 is 1. The number of carbonyl (C=O) groups excluding carboxylic acids is 1. The number of benzene rings is 2. The second-order valence-corrected chi connectivity index (χ2v) is 13.9. The molecule has 3 aromatic rings. The molecule has 7 nitrogen and oxygen atoms in total. The molecule has 1 saturated carbocycles. The van der Waals surface area contributed by atoms with Crippen molar-refractivity contribution in [1.82, 2.24) is 15.1 Å². The zero-order valence-electron chi connectivity index (χ0n) is 24.4. The molecule has 3 unspecified atom stereocenters. The lowest BCUT2D eigenvalue weighted by molar-refractivity contribution is -0.0439. The number of hydrogen-bond donors (Lipinski definition) is 1. The highest BCUT2D eigenvalue weighted by Crippen LogP contribution is 2.47. The van der Waals surface area contributed by atoms with Crippen LogP contribution in [0.15, 0.2) is 42.5 Å². The molecule has 1 amide bonds. The van der Waals surface area contributed by atoms with Crippen molar-refractivity contribution >= 4 is 27.3 Å². The molecule has 4 heterocycles. The summed E-state index contributed by atoms with van der Waals surface area (Å²) in [4.78, 5) is 20.3. The molecular weight excluding hydrogens is 534 g/mol. The van der Waals surface area contributed by atoms with E-state index in [2.05, 4.69) is 45.4 Å². The van der Waals surface area contributed by atoms with Gasteiger partial charge in [-0.1, -0.05) is 18.2 Å². The van der Waals surface area contributed by atoms with Crippen LogP contribution < -0.4 is 19.5 Å². The number of likely N-dealkylation sites (tertiary alicyclic amines) is 1. The highest BCUT2D eigenvalue weighted by atomic mass is 32.1. The Morgan fingerprint density at radius 3 is 2.71 bits per heavy atom. The molecule has 3 aliphatic heterocycles. The summed E-state index contributed by atoms with van der Waals surface area (Å²) in [7, 11) is 1.61. The molecular formula is C33H41N3O4S. The first-order chi connectivity index (χ1) is 19.9. The molecule has 1 aliphatic carbocycles.